The molecule has 0 fully saturated rings. The Balaban J connectivity index is 1.67. The quantitative estimate of drug-likeness (QED) is 0.341. The largest absolute Gasteiger partial charge is 0.372 e. The van der Waals surface area contributed by atoms with Gasteiger partial charge in [0.25, 0.3) is 0 Å². The number of carbonyl (C=O) groups excluding carboxylic acids is 1. The van der Waals surface area contributed by atoms with Crippen LogP contribution in [0.5, 0.6) is 0 Å². The van der Waals surface area contributed by atoms with E-state index in [-0.39, 0.29) is 5.91 Å². The number of hydrogen-bond acceptors (Lipinski definition) is 8. The molecule has 0 atom stereocenters. The van der Waals surface area contributed by atoms with E-state index >= 15 is 0 Å². The maximum atomic E-state index is 13.8. The normalized spacial score (nSPS) is 10.9. The first-order chi connectivity index (χ1) is 17.3. The summed E-state index contributed by atoms with van der Waals surface area (Å²) in [5.41, 5.74) is 4.57. The van der Waals surface area contributed by atoms with Gasteiger partial charge in [0.05, 0.1) is 23.8 Å². The number of nitrogens with one attached hydrogen (secondary N) is 2. The second-order valence-corrected chi connectivity index (χ2v) is 8.45. The minimum atomic E-state index is -0.436. The molecule has 3 aromatic heterocycles. The highest BCUT2D eigenvalue weighted by atomic mass is 19.1. The number of carbonyl (C=O) groups is 1. The number of benzene rings is 1. The van der Waals surface area contributed by atoms with Crippen molar-refractivity contribution in [1.29, 1.82) is 0 Å². The van der Waals surface area contributed by atoms with Crippen LogP contribution in [0.2, 0.25) is 0 Å². The van der Waals surface area contributed by atoms with E-state index in [1.54, 1.807) is 24.7 Å². The maximum absolute atomic E-state index is 13.8. The minimum Gasteiger partial charge on any atom is -0.372 e. The van der Waals surface area contributed by atoms with Crippen LogP contribution in [0.3, 0.4) is 0 Å². The summed E-state index contributed by atoms with van der Waals surface area (Å²) in [6, 6.07) is 8.79. The topological polar surface area (TPSA) is 99.2 Å². The molecule has 0 unspecified atom stereocenters. The summed E-state index contributed by atoms with van der Waals surface area (Å²) in [5, 5.41) is 6.07. The van der Waals surface area contributed by atoms with Crippen LogP contribution in [-0.4, -0.2) is 65.0 Å². The molecule has 184 valence electrons. The third kappa shape index (κ3) is 5.78. The second kappa shape index (κ2) is 10.9. The molecule has 4 aromatic rings. The van der Waals surface area contributed by atoms with Crippen molar-refractivity contribution in [2.45, 2.75) is 0 Å². The zero-order chi connectivity index (χ0) is 25.7. The van der Waals surface area contributed by atoms with E-state index < -0.39 is 5.82 Å². The molecule has 0 aliphatic rings. The van der Waals surface area contributed by atoms with Crippen molar-refractivity contribution in [3.05, 3.63) is 73.6 Å². The van der Waals surface area contributed by atoms with Gasteiger partial charge in [0, 0.05) is 49.3 Å². The van der Waals surface area contributed by atoms with Crippen molar-refractivity contribution < 1.29 is 9.18 Å². The fourth-order valence-electron chi connectivity index (χ4n) is 3.62. The standard InChI is InChI=1S/C26H27FN8O/c1-5-24(36)32-21-13-19(6-7-23(21)35(4)11-10-34(2)3)31-26-30-16-22-25(33-26)20(8-9-29-22)17-12-18(27)15-28-14-17/h5-9,12-16H,1,10-11H2,2-4H3,(H,32,36)(H,30,31,33). The third-order valence-electron chi connectivity index (χ3n) is 5.49. The second-order valence-electron chi connectivity index (χ2n) is 8.45. The molecule has 4 rings (SSSR count). The Hall–Kier alpha value is -4.44. The van der Waals surface area contributed by atoms with Gasteiger partial charge in [-0.25, -0.2) is 14.4 Å². The fraction of sp³-hybridized carbons (Fsp3) is 0.192. The number of pyridine rings is 2. The minimum absolute atomic E-state index is 0.309. The van der Waals surface area contributed by atoms with Crippen LogP contribution in [0, 0.1) is 5.82 Å². The predicted molar refractivity (Wildman–Crippen MR) is 141 cm³/mol. The number of fused-ring (bicyclic) bond motifs is 1. The smallest absolute Gasteiger partial charge is 0.247 e. The van der Waals surface area contributed by atoms with Gasteiger partial charge in [-0.1, -0.05) is 6.58 Å². The highest BCUT2D eigenvalue weighted by Gasteiger charge is 2.13. The lowest BCUT2D eigenvalue weighted by Crippen LogP contribution is -2.29. The zero-order valence-electron chi connectivity index (χ0n) is 20.4. The zero-order valence-corrected chi connectivity index (χ0v) is 20.4. The highest BCUT2D eigenvalue weighted by molar-refractivity contribution is 6.01. The van der Waals surface area contributed by atoms with Crippen molar-refractivity contribution in [3.8, 4) is 11.1 Å². The number of halogens is 1. The van der Waals surface area contributed by atoms with E-state index in [0.717, 1.165) is 25.0 Å². The summed E-state index contributed by atoms with van der Waals surface area (Å²) < 4.78 is 13.8. The van der Waals surface area contributed by atoms with E-state index in [1.165, 1.54) is 12.1 Å². The van der Waals surface area contributed by atoms with Gasteiger partial charge in [0.15, 0.2) is 0 Å². The van der Waals surface area contributed by atoms with Crippen LogP contribution in [-0.2, 0) is 4.79 Å². The Kier molecular flexibility index (Phi) is 7.45. The highest BCUT2D eigenvalue weighted by Crippen LogP contribution is 2.31. The summed E-state index contributed by atoms with van der Waals surface area (Å²) in [4.78, 5) is 33.5. The Bertz CT molecular complexity index is 1410. The lowest BCUT2D eigenvalue weighted by atomic mass is 10.1. The molecule has 2 N–H and O–H groups in total. The average molecular weight is 487 g/mol. The van der Waals surface area contributed by atoms with Crippen molar-refractivity contribution in [3.63, 3.8) is 0 Å². The lowest BCUT2D eigenvalue weighted by Gasteiger charge is -2.24. The van der Waals surface area contributed by atoms with Gasteiger partial charge in [-0.3, -0.25) is 14.8 Å². The van der Waals surface area contributed by atoms with Crippen molar-refractivity contribution in [2.75, 3.05) is 49.8 Å². The van der Waals surface area contributed by atoms with Gasteiger partial charge in [0.2, 0.25) is 11.9 Å². The van der Waals surface area contributed by atoms with E-state index in [1.807, 2.05) is 39.3 Å². The molecular formula is C26H27FN8O. The summed E-state index contributed by atoms with van der Waals surface area (Å²) >= 11 is 0. The van der Waals surface area contributed by atoms with Gasteiger partial charge in [-0.2, -0.15) is 0 Å². The lowest BCUT2D eigenvalue weighted by molar-refractivity contribution is -0.111. The Labute approximate surface area is 208 Å². The van der Waals surface area contributed by atoms with E-state index in [0.29, 0.717) is 39.5 Å². The fourth-order valence-corrected chi connectivity index (χ4v) is 3.62. The Morgan fingerprint density at radius 2 is 1.92 bits per heavy atom. The predicted octanol–water partition coefficient (Wildman–Crippen LogP) is 4.09. The number of amides is 1. The number of aromatic nitrogens is 4. The van der Waals surface area contributed by atoms with Gasteiger partial charge < -0.3 is 20.4 Å². The summed E-state index contributed by atoms with van der Waals surface area (Å²) in [6.07, 6.45) is 7.18. The third-order valence-corrected chi connectivity index (χ3v) is 5.49. The summed E-state index contributed by atoms with van der Waals surface area (Å²) in [5.74, 6) is -0.416. The van der Waals surface area contributed by atoms with Crippen LogP contribution in [0.4, 0.5) is 27.4 Å². The maximum Gasteiger partial charge on any atom is 0.247 e. The number of hydrogen-bond donors (Lipinski definition) is 2. The monoisotopic (exact) mass is 486 g/mol. The first-order valence-electron chi connectivity index (χ1n) is 11.3. The number of rotatable bonds is 9. The van der Waals surface area contributed by atoms with Gasteiger partial charge in [-0.05, 0) is 50.5 Å². The average Bonchev–Trinajstić information content (AvgIpc) is 2.87. The number of likely N-dealkylation sites (N-methyl/N-ethyl adjacent to an activating group) is 2. The van der Waals surface area contributed by atoms with E-state index in [4.69, 9.17) is 0 Å². The molecule has 36 heavy (non-hydrogen) atoms. The molecule has 0 spiro atoms. The molecule has 1 aromatic carbocycles. The summed E-state index contributed by atoms with van der Waals surface area (Å²) in [6.45, 7) is 5.17. The van der Waals surface area contributed by atoms with E-state index in [9.17, 15) is 9.18 Å². The molecule has 10 heteroatoms. The first kappa shape index (κ1) is 24.7. The van der Waals surface area contributed by atoms with Crippen LogP contribution < -0.4 is 15.5 Å². The van der Waals surface area contributed by atoms with E-state index in [2.05, 4.69) is 46.9 Å². The summed E-state index contributed by atoms with van der Waals surface area (Å²) in [7, 11) is 5.99. The van der Waals surface area contributed by atoms with Crippen LogP contribution in [0.15, 0.2) is 67.8 Å². The van der Waals surface area contributed by atoms with Crippen molar-refractivity contribution in [2.24, 2.45) is 0 Å². The van der Waals surface area contributed by atoms with Crippen LogP contribution in [0.25, 0.3) is 22.2 Å². The van der Waals surface area contributed by atoms with Gasteiger partial charge in [-0.15, -0.1) is 0 Å². The molecule has 0 saturated carbocycles. The molecule has 0 radical (unpaired) electrons. The molecule has 0 saturated heterocycles. The SMILES string of the molecule is C=CC(=O)Nc1cc(Nc2ncc3nccc(-c4cncc(F)c4)c3n2)ccc1N(C)CCN(C)C. The molecular weight excluding hydrogens is 459 g/mol. The van der Waals surface area contributed by atoms with Crippen LogP contribution >= 0.6 is 0 Å². The molecule has 1 amide bonds. The Morgan fingerprint density at radius 1 is 1.08 bits per heavy atom. The molecule has 3 heterocycles. The molecule has 0 aliphatic heterocycles. The number of nitrogens with zero attached hydrogens (tertiary/aromatic N) is 6. The molecule has 0 bridgehead atoms. The van der Waals surface area contributed by atoms with Crippen LogP contribution in [0.1, 0.15) is 0 Å². The molecule has 9 nitrogen and oxygen atoms in total. The number of anilines is 4. The Morgan fingerprint density at radius 3 is 2.67 bits per heavy atom. The van der Waals surface area contributed by atoms with Crippen molar-refractivity contribution >= 4 is 40.0 Å². The first-order valence-corrected chi connectivity index (χ1v) is 11.3. The molecule has 0 aliphatic carbocycles. The van der Waals surface area contributed by atoms with Gasteiger partial charge >= 0.3 is 0 Å². The van der Waals surface area contributed by atoms with Gasteiger partial charge in [0.1, 0.15) is 16.9 Å². The van der Waals surface area contributed by atoms with Crippen molar-refractivity contribution in [1.82, 2.24) is 24.8 Å².